The molecule has 0 saturated carbocycles. The zero-order valence-corrected chi connectivity index (χ0v) is 7.21. The Kier molecular flexibility index (Phi) is 4.94. The van der Waals surface area contributed by atoms with Crippen LogP contribution in [0.3, 0.4) is 0 Å². The predicted molar refractivity (Wildman–Crippen MR) is 36.7 cm³/mol. The van der Waals surface area contributed by atoms with Crippen LogP contribution in [0.25, 0.3) is 0 Å². The van der Waals surface area contributed by atoms with Crippen LogP contribution in [-0.2, 0) is 18.6 Å². The van der Waals surface area contributed by atoms with Gasteiger partial charge in [-0.1, -0.05) is 18.4 Å². The van der Waals surface area contributed by atoms with Crippen molar-refractivity contribution < 1.29 is 23.5 Å². The van der Waals surface area contributed by atoms with Gasteiger partial charge in [-0.3, -0.25) is 4.79 Å². The van der Waals surface area contributed by atoms with Crippen LogP contribution in [0, 0.1) is 5.92 Å². The van der Waals surface area contributed by atoms with Gasteiger partial charge in [0.15, 0.2) is 0 Å². The van der Waals surface area contributed by atoms with E-state index in [2.05, 4.69) is 9.26 Å². The molecule has 0 fully saturated rings. The normalized spacial score (nSPS) is 11.5. The van der Waals surface area contributed by atoms with Gasteiger partial charge in [0.1, 0.15) is 0 Å². The Morgan fingerprint density at radius 2 is 2.18 bits per heavy atom. The largest absolute Gasteiger partial charge is 0.698 e. The van der Waals surface area contributed by atoms with Gasteiger partial charge in [0.25, 0.3) is 0 Å². The Morgan fingerprint density at radius 3 is 2.55 bits per heavy atom. The number of esters is 1. The monoisotopic (exact) mass is 181 g/mol. The zero-order chi connectivity index (χ0) is 8.85. The molecule has 0 amide bonds. The van der Waals surface area contributed by atoms with Gasteiger partial charge >= 0.3 is 14.2 Å². The van der Waals surface area contributed by atoms with Crippen LogP contribution < -0.4 is 0 Å². The molecule has 64 valence electrons. The van der Waals surface area contributed by atoms with Crippen LogP contribution in [0.2, 0.25) is 0 Å². The van der Waals surface area contributed by atoms with Gasteiger partial charge in [0.2, 0.25) is 6.79 Å². The van der Waals surface area contributed by atoms with Gasteiger partial charge in [0, 0.05) is 4.57 Å². The molecule has 11 heavy (non-hydrogen) atoms. The maximum Gasteiger partial charge on any atom is 0.698 e. The summed E-state index contributed by atoms with van der Waals surface area (Å²) in [4.78, 5) is 18.7. The smallest absolute Gasteiger partial charge is 0.433 e. The standard InChI is InChI=1S/C5H9O5P/c1-4(2)5(6)9-3-10-11(7)8/h4H,3H2,1-2H3/p+1. The van der Waals surface area contributed by atoms with Crippen LogP contribution in [-0.4, -0.2) is 17.7 Å². The summed E-state index contributed by atoms with van der Waals surface area (Å²) in [5.74, 6) is -0.711. The SMILES string of the molecule is CC(C)C(=O)OCO[P+](=O)O. The van der Waals surface area contributed by atoms with E-state index in [4.69, 9.17) is 4.89 Å². The van der Waals surface area contributed by atoms with Gasteiger partial charge in [0.05, 0.1) is 5.92 Å². The Labute approximate surface area is 65.3 Å². The van der Waals surface area contributed by atoms with Crippen molar-refractivity contribution in [3.63, 3.8) is 0 Å². The predicted octanol–water partition coefficient (Wildman–Crippen LogP) is 0.809. The number of hydrogen-bond donors (Lipinski definition) is 1. The maximum atomic E-state index is 10.6. The van der Waals surface area contributed by atoms with Crippen LogP contribution in [0.4, 0.5) is 0 Å². The molecular weight excluding hydrogens is 171 g/mol. The lowest BCUT2D eigenvalue weighted by Gasteiger charge is -2.01. The van der Waals surface area contributed by atoms with Crippen molar-refractivity contribution in [1.29, 1.82) is 0 Å². The highest BCUT2D eigenvalue weighted by Gasteiger charge is 2.14. The van der Waals surface area contributed by atoms with E-state index in [-0.39, 0.29) is 5.92 Å². The maximum absolute atomic E-state index is 10.6. The number of carbonyl (C=O) groups excluding carboxylic acids is 1. The fourth-order valence-electron chi connectivity index (χ4n) is 0.296. The molecule has 0 bridgehead atoms. The highest BCUT2D eigenvalue weighted by atomic mass is 31.1. The van der Waals surface area contributed by atoms with E-state index < -0.39 is 21.0 Å². The van der Waals surface area contributed by atoms with E-state index in [0.29, 0.717) is 0 Å². The summed E-state index contributed by atoms with van der Waals surface area (Å²) in [6.45, 7) is 2.84. The first-order chi connectivity index (χ1) is 5.04. The fourth-order valence-corrected chi connectivity index (χ4v) is 0.439. The van der Waals surface area contributed by atoms with Crippen molar-refractivity contribution >= 4 is 14.2 Å². The molecule has 1 N–H and O–H groups in total. The third-order valence-electron chi connectivity index (χ3n) is 0.836. The number of ether oxygens (including phenoxy) is 1. The third kappa shape index (κ3) is 5.91. The van der Waals surface area contributed by atoms with Gasteiger partial charge in [-0.05, 0) is 0 Å². The van der Waals surface area contributed by atoms with Gasteiger partial charge in [-0.25, -0.2) is 0 Å². The van der Waals surface area contributed by atoms with E-state index in [9.17, 15) is 9.36 Å². The minimum absolute atomic E-state index is 0.254. The van der Waals surface area contributed by atoms with E-state index in [0.717, 1.165) is 0 Å². The molecule has 5 nitrogen and oxygen atoms in total. The van der Waals surface area contributed by atoms with Crippen LogP contribution in [0.5, 0.6) is 0 Å². The lowest BCUT2D eigenvalue weighted by molar-refractivity contribution is -0.153. The van der Waals surface area contributed by atoms with Crippen molar-refractivity contribution in [2.24, 2.45) is 5.92 Å². The Balaban J connectivity index is 3.39. The lowest BCUT2D eigenvalue weighted by Crippen LogP contribution is -2.12. The molecule has 0 aromatic heterocycles. The molecule has 1 atom stereocenters. The summed E-state index contributed by atoms with van der Waals surface area (Å²) in [6.07, 6.45) is 0. The van der Waals surface area contributed by atoms with Gasteiger partial charge in [-0.15, -0.1) is 4.89 Å². The second kappa shape index (κ2) is 5.18. The van der Waals surface area contributed by atoms with E-state index in [1.54, 1.807) is 13.8 Å². The van der Waals surface area contributed by atoms with Crippen molar-refractivity contribution in [3.05, 3.63) is 0 Å². The zero-order valence-electron chi connectivity index (χ0n) is 6.31. The van der Waals surface area contributed by atoms with Crippen LogP contribution in [0.15, 0.2) is 0 Å². The van der Waals surface area contributed by atoms with Crippen molar-refractivity contribution in [3.8, 4) is 0 Å². The van der Waals surface area contributed by atoms with Crippen LogP contribution >= 0.6 is 8.25 Å². The number of hydrogen-bond acceptors (Lipinski definition) is 4. The molecule has 0 aromatic rings. The first-order valence-electron chi connectivity index (χ1n) is 2.99. The molecular formula is C5H10O5P+. The Bertz CT molecular complexity index is 155. The van der Waals surface area contributed by atoms with E-state index in [1.165, 1.54) is 0 Å². The van der Waals surface area contributed by atoms with Crippen LogP contribution in [0.1, 0.15) is 13.8 Å². The van der Waals surface area contributed by atoms with Crippen molar-refractivity contribution in [1.82, 2.24) is 0 Å². The summed E-state index contributed by atoms with van der Waals surface area (Å²) >= 11 is 0. The fraction of sp³-hybridized carbons (Fsp3) is 0.800. The first kappa shape index (κ1) is 10.5. The van der Waals surface area contributed by atoms with Gasteiger partial charge in [-0.2, -0.15) is 0 Å². The Morgan fingerprint density at radius 1 is 1.64 bits per heavy atom. The first-order valence-corrected chi connectivity index (χ1v) is 4.12. The summed E-state index contributed by atoms with van der Waals surface area (Å²) in [6, 6.07) is 0. The average Bonchev–Trinajstić information content (AvgIpc) is 1.86. The number of carbonyl (C=O) groups is 1. The molecule has 0 saturated heterocycles. The quantitative estimate of drug-likeness (QED) is 0.394. The summed E-state index contributed by atoms with van der Waals surface area (Å²) in [5, 5.41) is 0. The van der Waals surface area contributed by atoms with Crippen molar-refractivity contribution in [2.75, 3.05) is 6.79 Å². The molecule has 0 rings (SSSR count). The topological polar surface area (TPSA) is 72.8 Å². The molecule has 0 heterocycles. The molecule has 0 aliphatic carbocycles. The van der Waals surface area contributed by atoms with E-state index in [1.807, 2.05) is 0 Å². The highest BCUT2D eigenvalue weighted by molar-refractivity contribution is 7.32. The molecule has 0 radical (unpaired) electrons. The molecule has 0 aliphatic heterocycles. The Hall–Kier alpha value is -0.510. The van der Waals surface area contributed by atoms with Crippen molar-refractivity contribution in [2.45, 2.75) is 13.8 Å². The molecule has 0 spiro atoms. The molecule has 0 aromatic carbocycles. The molecule has 6 heteroatoms. The summed E-state index contributed by atoms with van der Waals surface area (Å²) < 4.78 is 18.4. The minimum atomic E-state index is -2.68. The lowest BCUT2D eigenvalue weighted by atomic mass is 10.2. The summed E-state index contributed by atoms with van der Waals surface area (Å²) in [5.41, 5.74) is 0. The second-order valence-corrected chi connectivity index (χ2v) is 2.84. The van der Waals surface area contributed by atoms with E-state index >= 15 is 0 Å². The second-order valence-electron chi connectivity index (χ2n) is 2.10. The third-order valence-corrected chi connectivity index (χ3v) is 1.16. The minimum Gasteiger partial charge on any atom is -0.433 e. The average molecular weight is 181 g/mol. The summed E-state index contributed by atoms with van der Waals surface area (Å²) in [7, 11) is -2.68. The highest BCUT2D eigenvalue weighted by Crippen LogP contribution is 2.13. The number of rotatable bonds is 4. The molecule has 1 unspecified atom stereocenters. The van der Waals surface area contributed by atoms with Gasteiger partial charge < -0.3 is 4.74 Å². The molecule has 0 aliphatic rings.